The number of hydrogen-bond acceptors (Lipinski definition) is 2. The van der Waals surface area contributed by atoms with Crippen molar-refractivity contribution >= 4 is 39.3 Å². The van der Waals surface area contributed by atoms with Crippen LogP contribution in [-0.4, -0.2) is 6.04 Å². The van der Waals surface area contributed by atoms with Crippen LogP contribution in [0.2, 0.25) is 0 Å². The summed E-state index contributed by atoms with van der Waals surface area (Å²) in [6.07, 6.45) is 0.605. The van der Waals surface area contributed by atoms with Crippen molar-refractivity contribution < 1.29 is 8.81 Å². The number of nitrogens with two attached hydrogens (primary N) is 1. The molecule has 88 valence electrons. The average molecular weight is 309 g/mol. The Bertz CT molecular complexity index is 498. The largest absolute Gasteiger partial charge is 0.449 e. The molecule has 1 aromatic carbocycles. The number of hydrogen-bond donors (Lipinski definition) is 1. The molecule has 16 heavy (non-hydrogen) atoms. The molecule has 0 bridgehead atoms. The highest BCUT2D eigenvalue weighted by molar-refractivity contribution is 9.10. The molecule has 5 heteroatoms. The minimum absolute atomic E-state index is 0. The van der Waals surface area contributed by atoms with Crippen LogP contribution in [0.5, 0.6) is 0 Å². The van der Waals surface area contributed by atoms with Crippen LogP contribution < -0.4 is 5.73 Å². The van der Waals surface area contributed by atoms with Crippen LogP contribution in [0, 0.1) is 5.82 Å². The van der Waals surface area contributed by atoms with Gasteiger partial charge in [0.05, 0.1) is 0 Å². The van der Waals surface area contributed by atoms with Gasteiger partial charge in [-0.15, -0.1) is 12.4 Å². The first-order valence-electron chi connectivity index (χ1n) is 4.69. The van der Waals surface area contributed by atoms with Gasteiger partial charge >= 0.3 is 0 Å². The minimum atomic E-state index is -0.258. The lowest BCUT2D eigenvalue weighted by Gasteiger charge is -2.05. The highest BCUT2D eigenvalue weighted by Gasteiger charge is 2.10. The van der Waals surface area contributed by atoms with Crippen molar-refractivity contribution in [1.29, 1.82) is 0 Å². The number of halogens is 3. The molecule has 1 unspecified atom stereocenters. The molecule has 0 aliphatic carbocycles. The van der Waals surface area contributed by atoms with Crippen molar-refractivity contribution in [3.8, 4) is 0 Å². The van der Waals surface area contributed by atoms with Crippen LogP contribution in [0.1, 0.15) is 12.5 Å². The van der Waals surface area contributed by atoms with Gasteiger partial charge in [0.2, 0.25) is 0 Å². The maximum atomic E-state index is 13.3. The molecule has 2 aromatic rings. The second-order valence-corrected chi connectivity index (χ2v) is 4.50. The third-order valence-corrected chi connectivity index (χ3v) is 2.56. The van der Waals surface area contributed by atoms with Gasteiger partial charge in [-0.25, -0.2) is 4.39 Å². The van der Waals surface area contributed by atoms with Gasteiger partial charge < -0.3 is 10.2 Å². The first kappa shape index (κ1) is 13.5. The Morgan fingerprint density at radius 1 is 1.44 bits per heavy atom. The molecule has 1 heterocycles. The van der Waals surface area contributed by atoms with E-state index < -0.39 is 0 Å². The van der Waals surface area contributed by atoms with Crippen molar-refractivity contribution in [2.45, 2.75) is 19.4 Å². The normalized spacial score (nSPS) is 12.5. The first-order chi connectivity index (χ1) is 7.06. The minimum Gasteiger partial charge on any atom is -0.449 e. The summed E-state index contributed by atoms with van der Waals surface area (Å²) >= 11 is 3.23. The zero-order chi connectivity index (χ0) is 11.0. The fraction of sp³-hybridized carbons (Fsp3) is 0.273. The molecule has 0 aliphatic heterocycles. The molecule has 0 spiro atoms. The number of rotatable bonds is 2. The molecule has 2 N–H and O–H groups in total. The molecule has 0 radical (unpaired) electrons. The predicted octanol–water partition coefficient (Wildman–Crippen LogP) is 3.65. The molecule has 2 rings (SSSR count). The van der Waals surface area contributed by atoms with Gasteiger partial charge in [-0.1, -0.05) is 0 Å². The van der Waals surface area contributed by atoms with Crippen LogP contribution in [-0.2, 0) is 6.42 Å². The summed E-state index contributed by atoms with van der Waals surface area (Å²) in [5, 5.41) is 0.762. The van der Waals surface area contributed by atoms with E-state index in [4.69, 9.17) is 10.2 Å². The summed E-state index contributed by atoms with van der Waals surface area (Å²) < 4.78 is 19.3. The Labute approximate surface area is 108 Å². The summed E-state index contributed by atoms with van der Waals surface area (Å²) in [7, 11) is 0. The number of furan rings is 1. The predicted molar refractivity (Wildman–Crippen MR) is 68.5 cm³/mol. The van der Waals surface area contributed by atoms with Crippen molar-refractivity contribution in [3.05, 3.63) is 34.2 Å². The van der Waals surface area contributed by atoms with Crippen LogP contribution in [0.15, 0.2) is 27.3 Å². The van der Waals surface area contributed by atoms with E-state index >= 15 is 0 Å². The lowest BCUT2D eigenvalue weighted by Crippen LogP contribution is -2.17. The summed E-state index contributed by atoms with van der Waals surface area (Å²) in [5.74, 6) is -0.258. The molecule has 0 saturated carbocycles. The highest BCUT2D eigenvalue weighted by atomic mass is 79.9. The first-order valence-corrected chi connectivity index (χ1v) is 5.48. The molecule has 0 fully saturated rings. The standard InChI is InChI=1S/C11H11BrFNO.ClH/c1-6(14)2-7-3-9(13)4-8-5-10(12)15-11(7)8;/h3-6H,2,14H2,1H3;1H. The van der Waals surface area contributed by atoms with Crippen molar-refractivity contribution in [3.63, 3.8) is 0 Å². The van der Waals surface area contributed by atoms with E-state index in [1.807, 2.05) is 6.92 Å². The molecular weight excluding hydrogens is 296 g/mol. The quantitative estimate of drug-likeness (QED) is 0.920. The molecular formula is C11H12BrClFNO. The SMILES string of the molecule is CC(N)Cc1cc(F)cc2cc(Br)oc12.Cl. The topological polar surface area (TPSA) is 39.2 Å². The van der Waals surface area contributed by atoms with Crippen LogP contribution in [0.25, 0.3) is 11.0 Å². The van der Waals surface area contributed by atoms with Crippen LogP contribution in [0.3, 0.4) is 0 Å². The summed E-state index contributed by atoms with van der Waals surface area (Å²) in [6.45, 7) is 1.88. The van der Waals surface area contributed by atoms with Gasteiger partial charge in [0.15, 0.2) is 4.67 Å². The van der Waals surface area contributed by atoms with E-state index in [1.54, 1.807) is 6.07 Å². The van der Waals surface area contributed by atoms with Crippen LogP contribution >= 0.6 is 28.3 Å². The lowest BCUT2D eigenvalue weighted by atomic mass is 10.1. The molecule has 1 aromatic heterocycles. The van der Waals surface area contributed by atoms with E-state index in [0.29, 0.717) is 16.7 Å². The van der Waals surface area contributed by atoms with Crippen molar-refractivity contribution in [1.82, 2.24) is 0 Å². The Morgan fingerprint density at radius 3 is 2.75 bits per heavy atom. The van der Waals surface area contributed by atoms with Gasteiger partial charge in [-0.05, 0) is 53.0 Å². The third kappa shape index (κ3) is 2.75. The van der Waals surface area contributed by atoms with Gasteiger partial charge in [0, 0.05) is 11.4 Å². The molecule has 0 aliphatic rings. The Balaban J connectivity index is 0.00000128. The summed E-state index contributed by atoms with van der Waals surface area (Å²) in [6, 6.07) is 4.66. The van der Waals surface area contributed by atoms with E-state index in [2.05, 4.69) is 15.9 Å². The summed E-state index contributed by atoms with van der Waals surface area (Å²) in [5.41, 5.74) is 7.22. The van der Waals surface area contributed by atoms with Crippen molar-refractivity contribution in [2.24, 2.45) is 5.73 Å². The second kappa shape index (κ2) is 5.17. The smallest absolute Gasteiger partial charge is 0.170 e. The van der Waals surface area contributed by atoms with Gasteiger partial charge in [-0.2, -0.15) is 0 Å². The molecule has 0 amide bonds. The Morgan fingerprint density at radius 2 is 2.12 bits per heavy atom. The monoisotopic (exact) mass is 307 g/mol. The zero-order valence-electron chi connectivity index (χ0n) is 8.67. The van der Waals surface area contributed by atoms with Crippen molar-refractivity contribution in [2.75, 3.05) is 0 Å². The van der Waals surface area contributed by atoms with Gasteiger partial charge in [0.1, 0.15) is 11.4 Å². The third-order valence-electron chi connectivity index (χ3n) is 2.17. The van der Waals surface area contributed by atoms with Gasteiger partial charge in [-0.3, -0.25) is 0 Å². The molecule has 0 saturated heterocycles. The maximum Gasteiger partial charge on any atom is 0.170 e. The Hall–Kier alpha value is -0.580. The molecule has 1 atom stereocenters. The lowest BCUT2D eigenvalue weighted by molar-refractivity contribution is 0.576. The number of fused-ring (bicyclic) bond motifs is 1. The van der Waals surface area contributed by atoms with Crippen LogP contribution in [0.4, 0.5) is 4.39 Å². The number of benzene rings is 1. The van der Waals surface area contributed by atoms with E-state index in [0.717, 1.165) is 10.9 Å². The fourth-order valence-electron chi connectivity index (χ4n) is 1.65. The zero-order valence-corrected chi connectivity index (χ0v) is 11.1. The average Bonchev–Trinajstić information content (AvgIpc) is 2.44. The summed E-state index contributed by atoms with van der Waals surface area (Å²) in [4.78, 5) is 0. The maximum absolute atomic E-state index is 13.3. The fourth-order valence-corrected chi connectivity index (χ4v) is 2.06. The molecule has 2 nitrogen and oxygen atoms in total. The Kier molecular flexibility index (Phi) is 4.35. The highest BCUT2D eigenvalue weighted by Crippen LogP contribution is 2.28. The van der Waals surface area contributed by atoms with Gasteiger partial charge in [0.25, 0.3) is 0 Å². The second-order valence-electron chi connectivity index (χ2n) is 3.72. The van der Waals surface area contributed by atoms with E-state index in [9.17, 15) is 4.39 Å². The van der Waals surface area contributed by atoms with E-state index in [1.165, 1.54) is 12.1 Å². The van der Waals surface area contributed by atoms with E-state index in [-0.39, 0.29) is 24.3 Å².